The van der Waals surface area contributed by atoms with Gasteiger partial charge in [0.2, 0.25) is 0 Å². The van der Waals surface area contributed by atoms with E-state index in [1.165, 1.54) is 12.1 Å². The summed E-state index contributed by atoms with van der Waals surface area (Å²) >= 11 is 0. The fourth-order valence-electron chi connectivity index (χ4n) is 2.76. The lowest BCUT2D eigenvalue weighted by Crippen LogP contribution is -2.42. The molecule has 0 aliphatic carbocycles. The zero-order chi connectivity index (χ0) is 14.1. The molecule has 1 N–H and O–H groups in total. The molecule has 2 aromatic rings. The van der Waals surface area contributed by atoms with Crippen molar-refractivity contribution in [2.75, 3.05) is 13.1 Å². The molecule has 1 saturated heterocycles. The molecule has 1 heterocycles. The van der Waals surface area contributed by atoms with Gasteiger partial charge in [-0.1, -0.05) is 24.3 Å². The first-order valence-corrected chi connectivity index (χ1v) is 6.81. The maximum absolute atomic E-state index is 13.8. The fraction of sp³-hybridized carbons (Fsp3) is 0.312. The van der Waals surface area contributed by atoms with E-state index in [0.29, 0.717) is 29.4 Å². The van der Waals surface area contributed by atoms with Crippen LogP contribution in [0.5, 0.6) is 0 Å². The van der Waals surface area contributed by atoms with E-state index in [4.69, 9.17) is 0 Å². The Morgan fingerprint density at radius 3 is 2.70 bits per heavy atom. The molecule has 0 radical (unpaired) electrons. The van der Waals surface area contributed by atoms with Crippen molar-refractivity contribution in [3.05, 3.63) is 47.8 Å². The van der Waals surface area contributed by atoms with Crippen molar-refractivity contribution in [3.63, 3.8) is 0 Å². The predicted molar refractivity (Wildman–Crippen MR) is 75.1 cm³/mol. The van der Waals surface area contributed by atoms with Crippen LogP contribution in [0.15, 0.2) is 36.4 Å². The highest BCUT2D eigenvalue weighted by Crippen LogP contribution is 2.24. The smallest absolute Gasteiger partial charge is 0.254 e. The summed E-state index contributed by atoms with van der Waals surface area (Å²) in [7, 11) is 0. The molecule has 1 amide bonds. The molecule has 1 fully saturated rings. The molecule has 4 heteroatoms. The first-order valence-electron chi connectivity index (χ1n) is 6.81. The average Bonchev–Trinajstić information content (AvgIpc) is 2.47. The fourth-order valence-corrected chi connectivity index (χ4v) is 2.76. The lowest BCUT2D eigenvalue weighted by atomic mass is 10.0. The van der Waals surface area contributed by atoms with Crippen molar-refractivity contribution < 1.29 is 14.3 Å². The van der Waals surface area contributed by atoms with Crippen LogP contribution in [-0.4, -0.2) is 35.1 Å². The van der Waals surface area contributed by atoms with Crippen molar-refractivity contribution in [1.82, 2.24) is 4.90 Å². The second kappa shape index (κ2) is 5.21. The third-order valence-electron chi connectivity index (χ3n) is 3.79. The number of β-amino-alcohol motifs (C(OH)–C–C–N with tert-alkyl or cyclic N) is 1. The summed E-state index contributed by atoms with van der Waals surface area (Å²) in [6.07, 6.45) is 1.07. The van der Waals surface area contributed by atoms with Crippen molar-refractivity contribution in [3.8, 4) is 0 Å². The van der Waals surface area contributed by atoms with Gasteiger partial charge in [-0.2, -0.15) is 0 Å². The summed E-state index contributed by atoms with van der Waals surface area (Å²) in [5.41, 5.74) is 0.496. The molecule has 0 bridgehead atoms. The second-order valence-electron chi connectivity index (χ2n) is 5.19. The topological polar surface area (TPSA) is 40.5 Å². The SMILES string of the molecule is O=C(c1ccc(F)c2ccccc12)N1CCC[C@H](O)C1. The van der Waals surface area contributed by atoms with E-state index in [1.54, 1.807) is 29.2 Å². The Hall–Kier alpha value is -1.94. The minimum Gasteiger partial charge on any atom is -0.391 e. The van der Waals surface area contributed by atoms with Gasteiger partial charge in [0.05, 0.1) is 6.10 Å². The van der Waals surface area contributed by atoms with Crippen LogP contribution in [0.1, 0.15) is 23.2 Å². The maximum Gasteiger partial charge on any atom is 0.254 e. The number of aliphatic hydroxyl groups is 1. The minimum atomic E-state index is -0.459. The number of aliphatic hydroxyl groups excluding tert-OH is 1. The van der Waals surface area contributed by atoms with Crippen molar-refractivity contribution in [1.29, 1.82) is 0 Å². The van der Waals surface area contributed by atoms with Gasteiger partial charge in [-0.05, 0) is 30.4 Å². The first kappa shape index (κ1) is 13.1. The number of carbonyl (C=O) groups is 1. The Balaban J connectivity index is 2.01. The van der Waals surface area contributed by atoms with Gasteiger partial charge in [-0.3, -0.25) is 4.79 Å². The van der Waals surface area contributed by atoms with Gasteiger partial charge >= 0.3 is 0 Å². The van der Waals surface area contributed by atoms with Crippen molar-refractivity contribution >= 4 is 16.7 Å². The van der Waals surface area contributed by atoms with Gasteiger partial charge in [0.1, 0.15) is 5.82 Å². The molecular formula is C16H16FNO2. The number of piperidine rings is 1. The zero-order valence-corrected chi connectivity index (χ0v) is 11.1. The Kier molecular flexibility index (Phi) is 3.40. The van der Waals surface area contributed by atoms with E-state index in [-0.39, 0.29) is 11.7 Å². The molecule has 2 aromatic carbocycles. The van der Waals surface area contributed by atoms with Crippen LogP contribution >= 0.6 is 0 Å². The number of amides is 1. The van der Waals surface area contributed by atoms with E-state index in [1.807, 2.05) is 0 Å². The number of nitrogens with zero attached hydrogens (tertiary/aromatic N) is 1. The quantitative estimate of drug-likeness (QED) is 0.867. The summed E-state index contributed by atoms with van der Waals surface area (Å²) < 4.78 is 13.8. The number of fused-ring (bicyclic) bond motifs is 1. The predicted octanol–water partition coefficient (Wildman–Crippen LogP) is 2.58. The van der Waals surface area contributed by atoms with Crippen molar-refractivity contribution in [2.45, 2.75) is 18.9 Å². The van der Waals surface area contributed by atoms with Gasteiger partial charge in [-0.25, -0.2) is 4.39 Å². The third kappa shape index (κ3) is 2.27. The summed E-state index contributed by atoms with van der Waals surface area (Å²) in [5.74, 6) is -0.462. The number of hydrogen-bond acceptors (Lipinski definition) is 2. The number of benzene rings is 2. The van der Waals surface area contributed by atoms with E-state index in [9.17, 15) is 14.3 Å². The molecule has 0 aromatic heterocycles. The molecule has 3 nitrogen and oxygen atoms in total. The maximum atomic E-state index is 13.8. The highest BCUT2D eigenvalue weighted by atomic mass is 19.1. The normalized spacial score (nSPS) is 19.3. The number of rotatable bonds is 1. The molecule has 1 aliphatic rings. The van der Waals surface area contributed by atoms with Gasteiger partial charge in [-0.15, -0.1) is 0 Å². The molecule has 3 rings (SSSR count). The van der Waals surface area contributed by atoms with Gasteiger partial charge < -0.3 is 10.0 Å². The molecule has 20 heavy (non-hydrogen) atoms. The van der Waals surface area contributed by atoms with Crippen LogP contribution in [-0.2, 0) is 0 Å². The Bertz CT molecular complexity index is 656. The summed E-state index contributed by atoms with van der Waals surface area (Å²) in [6, 6.07) is 9.84. The zero-order valence-electron chi connectivity index (χ0n) is 11.1. The number of likely N-dealkylation sites (tertiary alicyclic amines) is 1. The van der Waals surface area contributed by atoms with Crippen molar-refractivity contribution in [2.24, 2.45) is 0 Å². The lowest BCUT2D eigenvalue weighted by molar-refractivity contribution is 0.0475. The Labute approximate surface area is 116 Å². The molecule has 104 valence electrons. The summed E-state index contributed by atoms with van der Waals surface area (Å²) in [4.78, 5) is 14.2. The van der Waals surface area contributed by atoms with Crippen LogP contribution < -0.4 is 0 Å². The van der Waals surface area contributed by atoms with Crippen LogP contribution in [0.2, 0.25) is 0 Å². The molecule has 0 unspecified atom stereocenters. The van der Waals surface area contributed by atoms with E-state index in [0.717, 1.165) is 12.8 Å². The largest absolute Gasteiger partial charge is 0.391 e. The first-order chi connectivity index (χ1) is 9.66. The summed E-state index contributed by atoms with van der Waals surface area (Å²) in [6.45, 7) is 0.992. The Morgan fingerprint density at radius 2 is 1.95 bits per heavy atom. The highest BCUT2D eigenvalue weighted by Gasteiger charge is 2.24. The van der Waals surface area contributed by atoms with Crippen LogP contribution in [0.3, 0.4) is 0 Å². The molecule has 0 saturated carbocycles. The summed E-state index contributed by atoms with van der Waals surface area (Å²) in [5, 5.41) is 10.8. The van der Waals surface area contributed by atoms with E-state index >= 15 is 0 Å². The highest BCUT2D eigenvalue weighted by molar-refractivity contribution is 6.07. The Morgan fingerprint density at radius 1 is 1.20 bits per heavy atom. The molecule has 1 aliphatic heterocycles. The number of halogens is 1. The molecular weight excluding hydrogens is 257 g/mol. The van der Waals surface area contributed by atoms with Gasteiger partial charge in [0, 0.05) is 24.0 Å². The van der Waals surface area contributed by atoms with E-state index < -0.39 is 6.10 Å². The number of hydrogen-bond donors (Lipinski definition) is 1. The van der Waals surface area contributed by atoms with Crippen LogP contribution in [0.4, 0.5) is 4.39 Å². The standard InChI is InChI=1S/C16H16FNO2/c17-15-8-7-14(12-5-1-2-6-13(12)15)16(20)18-9-3-4-11(19)10-18/h1-2,5-8,11,19H,3-4,9-10H2/t11-/m0/s1. The van der Waals surface area contributed by atoms with Gasteiger partial charge in [0.15, 0.2) is 0 Å². The number of carbonyl (C=O) groups excluding carboxylic acids is 1. The lowest BCUT2D eigenvalue weighted by Gasteiger charge is -2.30. The van der Waals surface area contributed by atoms with Gasteiger partial charge in [0.25, 0.3) is 5.91 Å². The minimum absolute atomic E-state index is 0.139. The molecule has 0 spiro atoms. The average molecular weight is 273 g/mol. The monoisotopic (exact) mass is 273 g/mol. The second-order valence-corrected chi connectivity index (χ2v) is 5.19. The molecule has 1 atom stereocenters. The van der Waals surface area contributed by atoms with Crippen LogP contribution in [0.25, 0.3) is 10.8 Å². The van der Waals surface area contributed by atoms with Crippen LogP contribution in [0, 0.1) is 5.82 Å². The van der Waals surface area contributed by atoms with E-state index in [2.05, 4.69) is 0 Å². The third-order valence-corrected chi connectivity index (χ3v) is 3.79.